The topological polar surface area (TPSA) is 4.93 Å². The molecule has 3 aromatic carbocycles. The molecule has 1 heterocycles. The van der Waals surface area contributed by atoms with Crippen LogP contribution in [-0.2, 0) is 7.05 Å². The molecule has 1 nitrogen and oxygen atoms in total. The van der Waals surface area contributed by atoms with Crippen LogP contribution in [0.25, 0.3) is 32.6 Å². The van der Waals surface area contributed by atoms with Gasteiger partial charge in [0.25, 0.3) is 0 Å². The summed E-state index contributed by atoms with van der Waals surface area (Å²) in [4.78, 5) is 0. The highest BCUT2D eigenvalue weighted by Crippen LogP contribution is 2.45. The Kier molecular flexibility index (Phi) is 3.99. The molecule has 0 amide bonds. The first-order valence-electron chi connectivity index (χ1n) is 10.4. The summed E-state index contributed by atoms with van der Waals surface area (Å²) >= 11 is 0. The number of rotatable bonds is 0. The third kappa shape index (κ3) is 2.03. The second kappa shape index (κ2) is 5.86. The van der Waals surface area contributed by atoms with Gasteiger partial charge in [-0.2, -0.15) is 0 Å². The molecule has 0 saturated heterocycles. The highest BCUT2D eigenvalue weighted by molar-refractivity contribution is 6.25. The van der Waals surface area contributed by atoms with E-state index in [2.05, 4.69) is 80.9 Å². The van der Waals surface area contributed by atoms with Crippen molar-refractivity contribution in [1.29, 1.82) is 0 Å². The number of aromatic nitrogens is 1. The van der Waals surface area contributed by atoms with E-state index in [0.29, 0.717) is 0 Å². The number of fused-ring (bicyclic) bond motifs is 5. The van der Waals surface area contributed by atoms with Crippen molar-refractivity contribution in [2.24, 2.45) is 7.05 Å². The van der Waals surface area contributed by atoms with E-state index in [1.165, 1.54) is 88.2 Å². The van der Waals surface area contributed by atoms with Crippen molar-refractivity contribution in [2.75, 3.05) is 0 Å². The van der Waals surface area contributed by atoms with Crippen LogP contribution in [0.3, 0.4) is 0 Å². The van der Waals surface area contributed by atoms with Gasteiger partial charge in [-0.15, -0.1) is 0 Å². The number of nitrogens with zero attached hydrogens (tertiary/aromatic N) is 1. The minimum atomic E-state index is 1.40. The molecule has 4 rings (SSSR count). The third-order valence-electron chi connectivity index (χ3n) is 8.04. The van der Waals surface area contributed by atoms with Crippen LogP contribution in [0.1, 0.15) is 55.6 Å². The van der Waals surface area contributed by atoms with Gasteiger partial charge in [-0.1, -0.05) is 0 Å². The molecular weight excluding hydrogens is 338 g/mol. The van der Waals surface area contributed by atoms with Crippen LogP contribution in [0.4, 0.5) is 0 Å². The first kappa shape index (κ1) is 19.1. The van der Waals surface area contributed by atoms with E-state index in [0.717, 1.165) is 0 Å². The highest BCUT2D eigenvalue weighted by Gasteiger charge is 2.24. The van der Waals surface area contributed by atoms with Gasteiger partial charge in [-0.25, -0.2) is 0 Å². The normalized spacial score (nSPS) is 12.1. The summed E-state index contributed by atoms with van der Waals surface area (Å²) in [7, 11) is 2.26. The van der Waals surface area contributed by atoms with E-state index in [4.69, 9.17) is 0 Å². The summed E-state index contributed by atoms with van der Waals surface area (Å²) in [5.74, 6) is 0. The summed E-state index contributed by atoms with van der Waals surface area (Å²) in [6, 6.07) is 0. The van der Waals surface area contributed by atoms with Gasteiger partial charge in [0.05, 0.1) is 11.0 Å². The zero-order valence-corrected chi connectivity index (χ0v) is 19.4. The fraction of sp³-hybridized carbons (Fsp3) is 0.407. The average molecular weight is 372 g/mol. The lowest BCUT2D eigenvalue weighted by molar-refractivity contribution is 0.997. The second-order valence-corrected chi connectivity index (χ2v) is 9.01. The van der Waals surface area contributed by atoms with Crippen LogP contribution in [-0.4, -0.2) is 4.57 Å². The van der Waals surface area contributed by atoms with Crippen LogP contribution in [0.15, 0.2) is 0 Å². The Morgan fingerprint density at radius 2 is 0.643 bits per heavy atom. The standard InChI is InChI=1S/C27H33N/c1-12-13(2)17(6)23-22(16(12)5)19(8)21(10)27-25(23)24-18(7)14(3)15(4)20(9)26(24)28(27)11/h1-11H3. The maximum atomic E-state index is 2.46. The molecule has 0 fully saturated rings. The molecule has 0 unspecified atom stereocenters. The van der Waals surface area contributed by atoms with Crippen molar-refractivity contribution in [2.45, 2.75) is 69.2 Å². The Balaban J connectivity index is 2.56. The Morgan fingerprint density at radius 3 is 1.18 bits per heavy atom. The smallest absolute Gasteiger partial charge is 0.0527 e. The lowest BCUT2D eigenvalue weighted by Crippen LogP contribution is -2.00. The molecule has 28 heavy (non-hydrogen) atoms. The summed E-state index contributed by atoms with van der Waals surface area (Å²) in [6.45, 7) is 23.0. The van der Waals surface area contributed by atoms with Crippen molar-refractivity contribution in [3.8, 4) is 0 Å². The van der Waals surface area contributed by atoms with E-state index in [9.17, 15) is 0 Å². The SMILES string of the molecule is Cc1c(C)c(C)c2c(c1C)c(C)c(C)c1c2c2c(C)c(C)c(C)c(C)c2n1C. The van der Waals surface area contributed by atoms with Gasteiger partial charge in [-0.05, 0) is 136 Å². The van der Waals surface area contributed by atoms with Crippen molar-refractivity contribution >= 4 is 32.6 Å². The molecule has 4 aromatic rings. The number of hydrogen-bond donors (Lipinski definition) is 0. The number of benzene rings is 3. The van der Waals surface area contributed by atoms with E-state index in [-0.39, 0.29) is 0 Å². The van der Waals surface area contributed by atoms with Crippen LogP contribution in [0, 0.1) is 69.2 Å². The van der Waals surface area contributed by atoms with Crippen molar-refractivity contribution in [3.63, 3.8) is 0 Å². The van der Waals surface area contributed by atoms with Gasteiger partial charge >= 0.3 is 0 Å². The molecule has 0 aliphatic heterocycles. The molecule has 146 valence electrons. The Morgan fingerprint density at radius 1 is 0.321 bits per heavy atom. The van der Waals surface area contributed by atoms with Gasteiger partial charge in [0.1, 0.15) is 0 Å². The number of hydrogen-bond acceptors (Lipinski definition) is 0. The Labute approximate surface area is 169 Å². The van der Waals surface area contributed by atoms with Gasteiger partial charge in [0.15, 0.2) is 0 Å². The molecular formula is C27H33N. The first-order valence-corrected chi connectivity index (χ1v) is 10.4. The van der Waals surface area contributed by atoms with Crippen LogP contribution in [0.2, 0.25) is 0 Å². The molecule has 0 atom stereocenters. The molecule has 1 heteroatoms. The zero-order valence-electron chi connectivity index (χ0n) is 19.4. The predicted octanol–water partition coefficient (Wildman–Crippen LogP) is 7.57. The monoisotopic (exact) mass is 371 g/mol. The maximum absolute atomic E-state index is 2.46. The third-order valence-corrected chi connectivity index (χ3v) is 8.04. The lowest BCUT2D eigenvalue weighted by Gasteiger charge is -2.19. The van der Waals surface area contributed by atoms with Gasteiger partial charge in [-0.3, -0.25) is 0 Å². The van der Waals surface area contributed by atoms with E-state index in [1.807, 2.05) is 0 Å². The molecule has 1 aromatic heterocycles. The first-order chi connectivity index (χ1) is 13.0. The van der Waals surface area contributed by atoms with E-state index < -0.39 is 0 Å². The summed E-state index contributed by atoms with van der Waals surface area (Å²) < 4.78 is 2.46. The van der Waals surface area contributed by atoms with Crippen LogP contribution in [0.5, 0.6) is 0 Å². The lowest BCUT2D eigenvalue weighted by atomic mass is 9.84. The molecule has 0 saturated carbocycles. The average Bonchev–Trinajstić information content (AvgIpc) is 2.97. The summed E-state index contributed by atoms with van der Waals surface area (Å²) in [6.07, 6.45) is 0. The van der Waals surface area contributed by atoms with Gasteiger partial charge < -0.3 is 4.57 Å². The largest absolute Gasteiger partial charge is 0.343 e. The quantitative estimate of drug-likeness (QED) is 0.300. The predicted molar refractivity (Wildman–Crippen MR) is 125 cm³/mol. The fourth-order valence-electron chi connectivity index (χ4n) is 5.56. The molecule has 0 radical (unpaired) electrons. The minimum absolute atomic E-state index is 1.40. The fourth-order valence-corrected chi connectivity index (χ4v) is 5.56. The maximum Gasteiger partial charge on any atom is 0.0527 e. The Hall–Kier alpha value is -2.28. The van der Waals surface area contributed by atoms with Gasteiger partial charge in [0, 0.05) is 17.8 Å². The summed E-state index contributed by atoms with van der Waals surface area (Å²) in [5, 5.41) is 5.85. The zero-order chi connectivity index (χ0) is 20.8. The molecule has 0 bridgehead atoms. The van der Waals surface area contributed by atoms with Crippen molar-refractivity contribution in [3.05, 3.63) is 55.6 Å². The van der Waals surface area contributed by atoms with Crippen LogP contribution >= 0.6 is 0 Å². The highest BCUT2D eigenvalue weighted by atomic mass is 14.9. The molecule has 0 N–H and O–H groups in total. The summed E-state index contributed by atoms with van der Waals surface area (Å²) in [5.41, 5.74) is 17.1. The minimum Gasteiger partial charge on any atom is -0.343 e. The van der Waals surface area contributed by atoms with Crippen LogP contribution < -0.4 is 0 Å². The number of aryl methyl sites for hydroxylation is 7. The Bertz CT molecular complexity index is 1340. The van der Waals surface area contributed by atoms with Gasteiger partial charge in [0.2, 0.25) is 0 Å². The molecule has 0 aliphatic carbocycles. The van der Waals surface area contributed by atoms with Crippen molar-refractivity contribution < 1.29 is 0 Å². The molecule has 0 aliphatic rings. The second-order valence-electron chi connectivity index (χ2n) is 9.01. The van der Waals surface area contributed by atoms with E-state index in [1.54, 1.807) is 0 Å². The van der Waals surface area contributed by atoms with Crippen molar-refractivity contribution in [1.82, 2.24) is 4.57 Å². The van der Waals surface area contributed by atoms with E-state index >= 15 is 0 Å². The molecule has 0 spiro atoms.